The highest BCUT2D eigenvalue weighted by Crippen LogP contribution is 2.19. The third-order valence-electron chi connectivity index (χ3n) is 3.65. The fraction of sp³-hybridized carbons (Fsp3) is 0.625. The summed E-state index contributed by atoms with van der Waals surface area (Å²) in [5, 5.41) is 0. The van der Waals surface area contributed by atoms with Crippen molar-refractivity contribution in [2.75, 3.05) is 5.88 Å². The van der Waals surface area contributed by atoms with Crippen molar-refractivity contribution >= 4 is 22.8 Å². The molecule has 0 atom stereocenters. The highest BCUT2D eigenvalue weighted by Gasteiger charge is 2.12. The van der Waals surface area contributed by atoms with E-state index in [1.165, 1.54) is 24.8 Å². The van der Waals surface area contributed by atoms with Crippen LogP contribution in [-0.2, 0) is 13.0 Å². The van der Waals surface area contributed by atoms with E-state index in [1.54, 1.807) is 0 Å². The maximum Gasteiger partial charge on any atom is 0.160 e. The Morgan fingerprint density at radius 3 is 2.80 bits per heavy atom. The Labute approximate surface area is 126 Å². The summed E-state index contributed by atoms with van der Waals surface area (Å²) in [4.78, 5) is 9.25. The summed E-state index contributed by atoms with van der Waals surface area (Å²) >= 11 is 5.90. The zero-order valence-corrected chi connectivity index (χ0v) is 13.5. The molecule has 0 fully saturated rings. The van der Waals surface area contributed by atoms with Crippen molar-refractivity contribution in [3.8, 4) is 0 Å². The van der Waals surface area contributed by atoms with Crippen LogP contribution in [0.1, 0.15) is 44.5 Å². The van der Waals surface area contributed by atoms with Gasteiger partial charge in [-0.2, -0.15) is 0 Å². The van der Waals surface area contributed by atoms with E-state index < -0.39 is 0 Å². The number of hydrogen-bond donors (Lipinski definition) is 0. The van der Waals surface area contributed by atoms with Crippen molar-refractivity contribution in [3.63, 3.8) is 0 Å². The van der Waals surface area contributed by atoms with Crippen molar-refractivity contribution in [2.24, 2.45) is 5.92 Å². The zero-order valence-electron chi connectivity index (χ0n) is 12.7. The van der Waals surface area contributed by atoms with Crippen LogP contribution in [0.4, 0.5) is 0 Å². The van der Waals surface area contributed by atoms with Crippen LogP contribution in [-0.4, -0.2) is 20.4 Å². The molecule has 0 saturated heterocycles. The van der Waals surface area contributed by atoms with Crippen molar-refractivity contribution in [3.05, 3.63) is 23.7 Å². The van der Waals surface area contributed by atoms with E-state index >= 15 is 0 Å². The Morgan fingerprint density at radius 1 is 1.30 bits per heavy atom. The van der Waals surface area contributed by atoms with Crippen LogP contribution in [0.25, 0.3) is 11.2 Å². The van der Waals surface area contributed by atoms with E-state index in [0.717, 1.165) is 35.9 Å². The maximum atomic E-state index is 5.90. The number of pyridine rings is 1. The lowest BCUT2D eigenvalue weighted by Gasteiger charge is -2.09. The van der Waals surface area contributed by atoms with Gasteiger partial charge in [-0.05, 0) is 30.9 Å². The zero-order chi connectivity index (χ0) is 14.5. The molecule has 0 bridgehead atoms. The fourth-order valence-electron chi connectivity index (χ4n) is 2.52. The van der Waals surface area contributed by atoms with E-state index in [1.807, 2.05) is 12.3 Å². The lowest BCUT2D eigenvalue weighted by atomic mass is 10.1. The predicted octanol–water partition coefficient (Wildman–Crippen LogP) is 4.35. The minimum absolute atomic E-state index is 0.606. The molecule has 20 heavy (non-hydrogen) atoms. The molecule has 0 spiro atoms. The monoisotopic (exact) mass is 293 g/mol. The normalized spacial score (nSPS) is 11.7. The molecule has 0 amide bonds. The van der Waals surface area contributed by atoms with E-state index in [-0.39, 0.29) is 0 Å². The van der Waals surface area contributed by atoms with E-state index in [2.05, 4.69) is 30.3 Å². The molecule has 0 unspecified atom stereocenters. The second kappa shape index (κ2) is 7.07. The van der Waals surface area contributed by atoms with Crippen LogP contribution >= 0.6 is 11.6 Å². The quantitative estimate of drug-likeness (QED) is 0.561. The third-order valence-corrected chi connectivity index (χ3v) is 3.84. The number of nitrogens with zero attached hydrogens (tertiary/aromatic N) is 3. The molecule has 3 nitrogen and oxygen atoms in total. The highest BCUT2D eigenvalue weighted by atomic mass is 35.5. The summed E-state index contributed by atoms with van der Waals surface area (Å²) in [7, 11) is 0. The average molecular weight is 294 g/mol. The molecule has 2 aromatic rings. The summed E-state index contributed by atoms with van der Waals surface area (Å²) in [5.74, 6) is 2.45. The second-order valence-electron chi connectivity index (χ2n) is 5.81. The number of halogens is 1. The molecule has 2 rings (SSSR count). The van der Waals surface area contributed by atoms with Gasteiger partial charge in [-0.1, -0.05) is 26.7 Å². The molecule has 2 aromatic heterocycles. The van der Waals surface area contributed by atoms with Crippen LogP contribution < -0.4 is 0 Å². The second-order valence-corrected chi connectivity index (χ2v) is 6.19. The molecule has 4 heteroatoms. The van der Waals surface area contributed by atoms with Crippen LogP contribution in [0.3, 0.4) is 0 Å². The first-order chi connectivity index (χ1) is 9.63. The number of imidazole rings is 1. The summed E-state index contributed by atoms with van der Waals surface area (Å²) in [6.07, 6.45) is 6.39. The fourth-order valence-corrected chi connectivity index (χ4v) is 2.69. The lowest BCUT2D eigenvalue weighted by Crippen LogP contribution is -2.06. The van der Waals surface area contributed by atoms with Crippen LogP contribution in [0.5, 0.6) is 0 Å². The van der Waals surface area contributed by atoms with Gasteiger partial charge in [0.1, 0.15) is 11.3 Å². The number of aryl methyl sites for hydroxylation is 3. The van der Waals surface area contributed by atoms with Crippen molar-refractivity contribution in [1.82, 2.24) is 14.5 Å². The Kier molecular flexibility index (Phi) is 5.41. The van der Waals surface area contributed by atoms with E-state index in [4.69, 9.17) is 16.6 Å². The SMILES string of the molecule is Cc1ccnc2c1nc(CCCl)n2CCCCC(C)C. The third kappa shape index (κ3) is 3.51. The molecule has 2 heterocycles. The standard InChI is InChI=1S/C16H24ClN3/c1-12(2)6-4-5-11-20-14(7-9-17)19-15-13(3)8-10-18-16(15)20/h8,10,12H,4-7,9,11H2,1-3H3. The number of hydrogen-bond acceptors (Lipinski definition) is 2. The summed E-state index contributed by atoms with van der Waals surface area (Å²) in [5.41, 5.74) is 3.22. The van der Waals surface area contributed by atoms with Gasteiger partial charge in [0.2, 0.25) is 0 Å². The lowest BCUT2D eigenvalue weighted by molar-refractivity contribution is 0.507. The molecule has 0 saturated carbocycles. The van der Waals surface area contributed by atoms with Gasteiger partial charge < -0.3 is 4.57 Å². The molecule has 0 radical (unpaired) electrons. The highest BCUT2D eigenvalue weighted by molar-refractivity contribution is 6.17. The Morgan fingerprint density at radius 2 is 2.10 bits per heavy atom. The van der Waals surface area contributed by atoms with E-state index in [9.17, 15) is 0 Å². The number of unbranched alkanes of at least 4 members (excludes halogenated alkanes) is 1. The first-order valence-electron chi connectivity index (χ1n) is 7.50. The average Bonchev–Trinajstić information content (AvgIpc) is 2.75. The Balaban J connectivity index is 2.20. The Hall–Kier alpha value is -1.09. The minimum Gasteiger partial charge on any atom is -0.313 e. The number of aromatic nitrogens is 3. The van der Waals surface area contributed by atoms with Crippen molar-refractivity contribution in [2.45, 2.75) is 53.0 Å². The summed E-state index contributed by atoms with van der Waals surface area (Å²) in [6.45, 7) is 7.63. The van der Waals surface area contributed by atoms with Gasteiger partial charge in [-0.15, -0.1) is 11.6 Å². The molecular weight excluding hydrogens is 270 g/mol. The molecule has 0 N–H and O–H groups in total. The molecule has 0 aliphatic carbocycles. The number of rotatable bonds is 7. The smallest absolute Gasteiger partial charge is 0.160 e. The van der Waals surface area contributed by atoms with Gasteiger partial charge in [0.25, 0.3) is 0 Å². The maximum absolute atomic E-state index is 5.90. The minimum atomic E-state index is 0.606. The van der Waals surface area contributed by atoms with Crippen LogP contribution in [0.2, 0.25) is 0 Å². The molecule has 110 valence electrons. The predicted molar refractivity (Wildman–Crippen MR) is 85.4 cm³/mol. The number of alkyl halides is 1. The van der Waals surface area contributed by atoms with E-state index in [0.29, 0.717) is 5.88 Å². The van der Waals surface area contributed by atoms with Crippen LogP contribution in [0.15, 0.2) is 12.3 Å². The van der Waals surface area contributed by atoms with Crippen molar-refractivity contribution < 1.29 is 0 Å². The largest absolute Gasteiger partial charge is 0.313 e. The number of fused-ring (bicyclic) bond motifs is 1. The topological polar surface area (TPSA) is 30.7 Å². The molecule has 0 aliphatic rings. The molecular formula is C16H24ClN3. The first-order valence-corrected chi connectivity index (χ1v) is 8.03. The molecule has 0 aromatic carbocycles. The molecule has 0 aliphatic heterocycles. The van der Waals surface area contributed by atoms with Gasteiger partial charge in [0.05, 0.1) is 0 Å². The summed E-state index contributed by atoms with van der Waals surface area (Å²) < 4.78 is 2.26. The van der Waals surface area contributed by atoms with Crippen molar-refractivity contribution in [1.29, 1.82) is 0 Å². The summed E-state index contributed by atoms with van der Waals surface area (Å²) in [6, 6.07) is 2.02. The Bertz CT molecular complexity index is 560. The van der Waals surface area contributed by atoms with Crippen LogP contribution in [0, 0.1) is 12.8 Å². The van der Waals surface area contributed by atoms with Gasteiger partial charge in [0.15, 0.2) is 5.65 Å². The van der Waals surface area contributed by atoms with Gasteiger partial charge in [-0.25, -0.2) is 9.97 Å². The van der Waals surface area contributed by atoms with Gasteiger partial charge in [0, 0.05) is 25.0 Å². The van der Waals surface area contributed by atoms with Gasteiger partial charge >= 0.3 is 0 Å². The first kappa shape index (κ1) is 15.3. The van der Waals surface area contributed by atoms with Gasteiger partial charge in [-0.3, -0.25) is 0 Å².